The predicted molar refractivity (Wildman–Crippen MR) is 78.2 cm³/mol. The van der Waals surface area contributed by atoms with E-state index < -0.39 is 5.82 Å². The van der Waals surface area contributed by atoms with Gasteiger partial charge >= 0.3 is 0 Å². The van der Waals surface area contributed by atoms with Gasteiger partial charge in [-0.05, 0) is 36.8 Å². The van der Waals surface area contributed by atoms with Crippen LogP contribution in [-0.2, 0) is 0 Å². The van der Waals surface area contributed by atoms with E-state index in [9.17, 15) is 9.18 Å². The summed E-state index contributed by atoms with van der Waals surface area (Å²) >= 11 is 1.82. The van der Waals surface area contributed by atoms with Crippen molar-refractivity contribution in [2.75, 3.05) is 18.1 Å². The second-order valence-electron chi connectivity index (χ2n) is 4.54. The van der Waals surface area contributed by atoms with E-state index >= 15 is 0 Å². The molecule has 5 heteroatoms. The molecule has 0 spiro atoms. The first kappa shape index (κ1) is 14.9. The van der Waals surface area contributed by atoms with Gasteiger partial charge in [-0.2, -0.15) is 11.8 Å². The molecule has 1 aromatic carbocycles. The molecule has 1 unspecified atom stereocenters. The topological polar surface area (TPSA) is 49.3 Å². The van der Waals surface area contributed by atoms with Crippen molar-refractivity contribution in [3.63, 3.8) is 0 Å². The minimum atomic E-state index is -0.447. The van der Waals surface area contributed by atoms with Crippen LogP contribution in [0.3, 0.4) is 0 Å². The van der Waals surface area contributed by atoms with Crippen molar-refractivity contribution < 1.29 is 14.3 Å². The average molecular weight is 293 g/mol. The molecular formula is C15H16FNO2S. The second kappa shape index (κ2) is 7.32. The van der Waals surface area contributed by atoms with E-state index in [2.05, 4.69) is 17.2 Å². The number of halogens is 1. The van der Waals surface area contributed by atoms with Gasteiger partial charge in [0.15, 0.2) is 0 Å². The molecule has 1 aromatic rings. The number of nitrogens with one attached hydrogen (secondary N) is 1. The van der Waals surface area contributed by atoms with Gasteiger partial charge in [0.1, 0.15) is 12.4 Å². The number of benzene rings is 1. The first-order valence-electron chi connectivity index (χ1n) is 6.48. The van der Waals surface area contributed by atoms with Crippen LogP contribution in [0.1, 0.15) is 28.8 Å². The quantitative estimate of drug-likeness (QED) is 0.818. The lowest BCUT2D eigenvalue weighted by atomic mass is 10.1. The molecule has 2 N–H and O–H groups in total. The summed E-state index contributed by atoms with van der Waals surface area (Å²) in [6.45, 7) is -0.323. The molecule has 1 amide bonds. The Balaban J connectivity index is 2.15. The van der Waals surface area contributed by atoms with Crippen LogP contribution in [0, 0.1) is 17.7 Å². The average Bonchev–Trinajstić information content (AvgIpc) is 2.46. The van der Waals surface area contributed by atoms with E-state index in [4.69, 9.17) is 5.11 Å². The van der Waals surface area contributed by atoms with Crippen molar-refractivity contribution >= 4 is 17.7 Å². The van der Waals surface area contributed by atoms with Gasteiger partial charge in [-0.1, -0.05) is 11.8 Å². The van der Waals surface area contributed by atoms with Crippen LogP contribution in [0.2, 0.25) is 0 Å². The van der Waals surface area contributed by atoms with Crippen molar-refractivity contribution in [3.8, 4) is 11.8 Å². The Kier molecular flexibility index (Phi) is 5.45. The zero-order chi connectivity index (χ0) is 14.4. The Morgan fingerprint density at radius 3 is 3.10 bits per heavy atom. The van der Waals surface area contributed by atoms with Crippen LogP contribution >= 0.6 is 11.8 Å². The molecule has 0 aliphatic carbocycles. The number of hydrogen-bond donors (Lipinski definition) is 2. The highest BCUT2D eigenvalue weighted by Crippen LogP contribution is 2.18. The predicted octanol–water partition coefficient (Wildman–Crippen LogP) is 1.79. The molecule has 0 radical (unpaired) electrons. The van der Waals surface area contributed by atoms with Crippen LogP contribution in [0.15, 0.2) is 18.2 Å². The molecule has 1 aliphatic rings. The fourth-order valence-electron chi connectivity index (χ4n) is 2.07. The summed E-state index contributed by atoms with van der Waals surface area (Å²) in [4.78, 5) is 12.2. The number of carbonyl (C=O) groups is 1. The van der Waals surface area contributed by atoms with Gasteiger partial charge < -0.3 is 10.4 Å². The maximum absolute atomic E-state index is 13.2. The highest BCUT2D eigenvalue weighted by atomic mass is 32.2. The number of amides is 1. The molecular weight excluding hydrogens is 277 g/mol. The van der Waals surface area contributed by atoms with Crippen molar-refractivity contribution in [1.82, 2.24) is 5.32 Å². The van der Waals surface area contributed by atoms with Crippen molar-refractivity contribution in [2.45, 2.75) is 18.9 Å². The fourth-order valence-corrected chi connectivity index (χ4v) is 3.14. The second-order valence-corrected chi connectivity index (χ2v) is 5.69. The van der Waals surface area contributed by atoms with Gasteiger partial charge in [-0.3, -0.25) is 4.79 Å². The summed E-state index contributed by atoms with van der Waals surface area (Å²) in [5.74, 6) is 6.42. The smallest absolute Gasteiger partial charge is 0.252 e. The van der Waals surface area contributed by atoms with E-state index in [1.165, 1.54) is 18.2 Å². The van der Waals surface area contributed by atoms with Crippen LogP contribution in [0.4, 0.5) is 4.39 Å². The van der Waals surface area contributed by atoms with E-state index in [-0.39, 0.29) is 18.6 Å². The number of hydrogen-bond acceptors (Lipinski definition) is 3. The zero-order valence-corrected chi connectivity index (χ0v) is 11.8. The third-order valence-electron chi connectivity index (χ3n) is 3.02. The van der Waals surface area contributed by atoms with Crippen LogP contribution in [-0.4, -0.2) is 35.2 Å². The summed E-state index contributed by atoms with van der Waals surface area (Å²) in [7, 11) is 0. The third kappa shape index (κ3) is 3.99. The summed E-state index contributed by atoms with van der Waals surface area (Å²) < 4.78 is 13.2. The number of rotatable bonds is 2. The lowest BCUT2D eigenvalue weighted by molar-refractivity contribution is 0.0938. The normalized spacial score (nSPS) is 18.0. The van der Waals surface area contributed by atoms with Gasteiger partial charge in [0.25, 0.3) is 5.91 Å². The number of carbonyl (C=O) groups excluding carboxylic acids is 1. The largest absolute Gasteiger partial charge is 0.384 e. The van der Waals surface area contributed by atoms with Gasteiger partial charge in [0, 0.05) is 17.4 Å². The Morgan fingerprint density at radius 1 is 1.55 bits per heavy atom. The molecule has 2 rings (SSSR count). The van der Waals surface area contributed by atoms with Gasteiger partial charge in [0.2, 0.25) is 0 Å². The van der Waals surface area contributed by atoms with Gasteiger partial charge in [-0.15, -0.1) is 0 Å². The summed E-state index contributed by atoms with van der Waals surface area (Å²) in [5.41, 5.74) is 0.655. The van der Waals surface area contributed by atoms with Crippen LogP contribution in [0.25, 0.3) is 0 Å². The lowest BCUT2D eigenvalue weighted by Gasteiger charge is -2.22. The maximum Gasteiger partial charge on any atom is 0.252 e. The molecule has 3 nitrogen and oxygen atoms in total. The maximum atomic E-state index is 13.2. The molecule has 1 saturated heterocycles. The summed E-state index contributed by atoms with van der Waals surface area (Å²) in [5, 5.41) is 11.7. The first-order valence-corrected chi connectivity index (χ1v) is 7.64. The minimum absolute atomic E-state index is 0.157. The Bertz CT molecular complexity index is 545. The lowest BCUT2D eigenvalue weighted by Crippen LogP contribution is -2.38. The Hall–Kier alpha value is -1.51. The number of aliphatic hydroxyl groups is 1. The molecule has 0 saturated carbocycles. The van der Waals surface area contributed by atoms with Crippen LogP contribution < -0.4 is 5.32 Å². The SMILES string of the molecule is O=C(NC1CCCSC1)c1ccc(F)cc1C#CCO. The monoisotopic (exact) mass is 293 g/mol. The van der Waals surface area contributed by atoms with Crippen LogP contribution in [0.5, 0.6) is 0 Å². The van der Waals surface area contributed by atoms with E-state index in [0.717, 1.165) is 24.3 Å². The van der Waals surface area contributed by atoms with Crippen molar-refractivity contribution in [1.29, 1.82) is 0 Å². The van der Waals surface area contributed by atoms with E-state index in [1.54, 1.807) is 0 Å². The van der Waals surface area contributed by atoms with E-state index in [0.29, 0.717) is 11.1 Å². The number of aliphatic hydroxyl groups excluding tert-OH is 1. The summed E-state index contributed by atoms with van der Waals surface area (Å²) in [6, 6.07) is 4.05. The van der Waals surface area contributed by atoms with Gasteiger partial charge in [-0.25, -0.2) is 4.39 Å². The summed E-state index contributed by atoms with van der Waals surface area (Å²) in [6.07, 6.45) is 2.06. The molecule has 1 heterocycles. The third-order valence-corrected chi connectivity index (χ3v) is 4.24. The first-order chi connectivity index (χ1) is 9.70. The van der Waals surface area contributed by atoms with Crippen molar-refractivity contribution in [3.05, 3.63) is 35.1 Å². The highest BCUT2D eigenvalue weighted by molar-refractivity contribution is 7.99. The van der Waals surface area contributed by atoms with E-state index in [1.807, 2.05) is 11.8 Å². The molecule has 1 atom stereocenters. The highest BCUT2D eigenvalue weighted by Gasteiger charge is 2.18. The van der Waals surface area contributed by atoms with Crippen molar-refractivity contribution in [2.24, 2.45) is 0 Å². The van der Waals surface area contributed by atoms with Gasteiger partial charge in [0.05, 0.1) is 5.56 Å². The molecule has 1 aliphatic heterocycles. The molecule has 1 fully saturated rings. The Labute approximate surface area is 122 Å². The molecule has 20 heavy (non-hydrogen) atoms. The fraction of sp³-hybridized carbons (Fsp3) is 0.400. The molecule has 106 valence electrons. The Morgan fingerprint density at radius 2 is 2.40 bits per heavy atom. The molecule has 0 aromatic heterocycles. The number of thioether (sulfide) groups is 1. The zero-order valence-electron chi connectivity index (χ0n) is 11.0. The molecule has 0 bridgehead atoms. The standard InChI is InChI=1S/C15H16FNO2S/c16-12-5-6-14(11(9-12)3-1-7-18)15(19)17-13-4-2-8-20-10-13/h5-6,9,13,18H,2,4,7-8,10H2,(H,17,19). The minimum Gasteiger partial charge on any atom is -0.384 e.